The van der Waals surface area contributed by atoms with Crippen LogP contribution in [-0.4, -0.2) is 42.4 Å². The molecule has 0 atom stereocenters. The van der Waals surface area contributed by atoms with Crippen LogP contribution in [0.4, 0.5) is 11.4 Å². The molecular weight excluding hydrogens is 302 g/mol. The third-order valence-corrected chi connectivity index (χ3v) is 4.76. The molecular formula is C19H29N3O2. The number of hydrogen-bond acceptors (Lipinski definition) is 3. The van der Waals surface area contributed by atoms with Gasteiger partial charge in [0.15, 0.2) is 0 Å². The van der Waals surface area contributed by atoms with Crippen LogP contribution in [0.1, 0.15) is 46.5 Å². The van der Waals surface area contributed by atoms with Crippen molar-refractivity contribution >= 4 is 23.2 Å². The van der Waals surface area contributed by atoms with Gasteiger partial charge in [-0.05, 0) is 51.0 Å². The average molecular weight is 331 g/mol. The van der Waals surface area contributed by atoms with Gasteiger partial charge < -0.3 is 15.1 Å². The third-order valence-electron chi connectivity index (χ3n) is 4.76. The van der Waals surface area contributed by atoms with Crippen LogP contribution in [0.15, 0.2) is 24.3 Å². The molecule has 1 aliphatic carbocycles. The van der Waals surface area contributed by atoms with Gasteiger partial charge in [0.25, 0.3) is 0 Å². The Morgan fingerprint density at radius 3 is 2.17 bits per heavy atom. The average Bonchev–Trinajstić information content (AvgIpc) is 3.09. The molecule has 0 saturated heterocycles. The van der Waals surface area contributed by atoms with Crippen LogP contribution in [0, 0.1) is 0 Å². The topological polar surface area (TPSA) is 52.7 Å². The summed E-state index contributed by atoms with van der Waals surface area (Å²) in [7, 11) is 0. The van der Waals surface area contributed by atoms with Crippen molar-refractivity contribution < 1.29 is 9.59 Å². The van der Waals surface area contributed by atoms with E-state index in [0.717, 1.165) is 50.1 Å². The molecule has 0 aromatic heterocycles. The summed E-state index contributed by atoms with van der Waals surface area (Å²) in [6.45, 7) is 7.84. The molecule has 0 bridgehead atoms. The van der Waals surface area contributed by atoms with E-state index in [2.05, 4.69) is 24.1 Å². The van der Waals surface area contributed by atoms with Crippen LogP contribution < -0.4 is 10.2 Å². The van der Waals surface area contributed by atoms with Crippen molar-refractivity contribution in [1.82, 2.24) is 4.90 Å². The van der Waals surface area contributed by atoms with Crippen molar-refractivity contribution in [3.63, 3.8) is 0 Å². The van der Waals surface area contributed by atoms with E-state index < -0.39 is 0 Å². The number of anilines is 2. The highest BCUT2D eigenvalue weighted by Gasteiger charge is 2.26. The Morgan fingerprint density at radius 2 is 1.67 bits per heavy atom. The highest BCUT2D eigenvalue weighted by atomic mass is 16.2. The van der Waals surface area contributed by atoms with Crippen molar-refractivity contribution in [2.24, 2.45) is 0 Å². The first kappa shape index (κ1) is 18.3. The summed E-state index contributed by atoms with van der Waals surface area (Å²) >= 11 is 0. The number of benzene rings is 1. The maximum absolute atomic E-state index is 12.3. The zero-order valence-electron chi connectivity index (χ0n) is 15.0. The summed E-state index contributed by atoms with van der Waals surface area (Å²) in [6.07, 6.45) is 4.29. The lowest BCUT2D eigenvalue weighted by atomic mass is 10.2. The van der Waals surface area contributed by atoms with Crippen LogP contribution in [0.5, 0.6) is 0 Å². The lowest BCUT2D eigenvalue weighted by Gasteiger charge is -2.27. The summed E-state index contributed by atoms with van der Waals surface area (Å²) in [5, 5.41) is 2.90. The lowest BCUT2D eigenvalue weighted by Crippen LogP contribution is -2.42. The molecule has 1 aromatic carbocycles. The fourth-order valence-corrected chi connectivity index (χ4v) is 3.41. The predicted octanol–water partition coefficient (Wildman–Crippen LogP) is 3.26. The minimum Gasteiger partial charge on any atom is -0.372 e. The normalized spacial score (nSPS) is 14.5. The summed E-state index contributed by atoms with van der Waals surface area (Å²) in [4.78, 5) is 28.1. The fraction of sp³-hybridized carbons (Fsp3) is 0.579. The molecule has 1 aliphatic rings. The molecule has 5 heteroatoms. The van der Waals surface area contributed by atoms with E-state index in [-0.39, 0.29) is 24.4 Å². The quantitative estimate of drug-likeness (QED) is 0.834. The fourth-order valence-electron chi connectivity index (χ4n) is 3.41. The van der Waals surface area contributed by atoms with E-state index in [1.807, 2.05) is 24.3 Å². The molecule has 1 aromatic rings. The summed E-state index contributed by atoms with van der Waals surface area (Å²) in [6, 6.07) is 8.08. The molecule has 2 amide bonds. The first-order valence-corrected chi connectivity index (χ1v) is 8.97. The van der Waals surface area contributed by atoms with Gasteiger partial charge in [0.2, 0.25) is 11.8 Å². The Bertz CT molecular complexity index is 546. The zero-order chi connectivity index (χ0) is 17.5. The lowest BCUT2D eigenvalue weighted by molar-refractivity contribution is -0.135. The monoisotopic (exact) mass is 331 g/mol. The number of hydrogen-bond donors (Lipinski definition) is 1. The van der Waals surface area contributed by atoms with Crippen LogP contribution in [0.25, 0.3) is 0 Å². The maximum Gasteiger partial charge on any atom is 0.244 e. The molecule has 0 spiro atoms. The summed E-state index contributed by atoms with van der Waals surface area (Å²) < 4.78 is 0. The molecule has 0 heterocycles. The summed E-state index contributed by atoms with van der Waals surface area (Å²) in [5.41, 5.74) is 1.92. The second kappa shape index (κ2) is 8.71. The van der Waals surface area contributed by atoms with E-state index >= 15 is 0 Å². The van der Waals surface area contributed by atoms with Crippen molar-refractivity contribution in [1.29, 1.82) is 0 Å². The Morgan fingerprint density at radius 1 is 1.08 bits per heavy atom. The van der Waals surface area contributed by atoms with Gasteiger partial charge in [-0.2, -0.15) is 0 Å². The number of carbonyl (C=O) groups is 2. The largest absolute Gasteiger partial charge is 0.372 e. The molecule has 1 saturated carbocycles. The van der Waals surface area contributed by atoms with Gasteiger partial charge >= 0.3 is 0 Å². The highest BCUT2D eigenvalue weighted by Crippen LogP contribution is 2.23. The van der Waals surface area contributed by atoms with Crippen LogP contribution in [0.3, 0.4) is 0 Å². The second-order valence-electron chi connectivity index (χ2n) is 6.35. The van der Waals surface area contributed by atoms with Crippen molar-refractivity contribution in [2.45, 2.75) is 52.5 Å². The Hall–Kier alpha value is -2.04. The SMILES string of the molecule is CCN(CC)c1ccc(NC(=O)CN(C(C)=O)C2CCCC2)cc1. The Labute approximate surface area is 145 Å². The number of carbonyl (C=O) groups excluding carboxylic acids is 2. The van der Waals surface area contributed by atoms with Gasteiger partial charge in [-0.25, -0.2) is 0 Å². The molecule has 0 aliphatic heterocycles. The summed E-state index contributed by atoms with van der Waals surface area (Å²) in [5.74, 6) is -0.151. The molecule has 0 unspecified atom stereocenters. The first-order valence-electron chi connectivity index (χ1n) is 8.97. The Balaban J connectivity index is 1.94. The first-order chi connectivity index (χ1) is 11.5. The van der Waals surface area contributed by atoms with Gasteiger partial charge in [0, 0.05) is 37.4 Å². The second-order valence-corrected chi connectivity index (χ2v) is 6.35. The molecule has 5 nitrogen and oxygen atoms in total. The van der Waals surface area contributed by atoms with Crippen molar-refractivity contribution in [3.8, 4) is 0 Å². The van der Waals surface area contributed by atoms with Gasteiger partial charge in [0.1, 0.15) is 6.54 Å². The molecule has 2 rings (SSSR count). The van der Waals surface area contributed by atoms with Crippen LogP contribution in [0.2, 0.25) is 0 Å². The number of amides is 2. The zero-order valence-corrected chi connectivity index (χ0v) is 15.0. The van der Waals surface area contributed by atoms with Gasteiger partial charge in [-0.15, -0.1) is 0 Å². The molecule has 132 valence electrons. The van der Waals surface area contributed by atoms with Crippen LogP contribution in [-0.2, 0) is 9.59 Å². The molecule has 1 fully saturated rings. The number of nitrogens with zero attached hydrogens (tertiary/aromatic N) is 2. The van der Waals surface area contributed by atoms with E-state index in [1.165, 1.54) is 0 Å². The smallest absolute Gasteiger partial charge is 0.244 e. The van der Waals surface area contributed by atoms with Crippen LogP contribution >= 0.6 is 0 Å². The minimum absolute atomic E-state index is 0.0195. The van der Waals surface area contributed by atoms with Gasteiger partial charge in [-0.3, -0.25) is 9.59 Å². The van der Waals surface area contributed by atoms with Gasteiger partial charge in [-0.1, -0.05) is 12.8 Å². The van der Waals surface area contributed by atoms with Crippen molar-refractivity contribution in [3.05, 3.63) is 24.3 Å². The minimum atomic E-state index is -0.132. The maximum atomic E-state index is 12.3. The van der Waals surface area contributed by atoms with E-state index in [0.29, 0.717) is 0 Å². The number of rotatable bonds is 7. The Kier molecular flexibility index (Phi) is 6.64. The number of nitrogens with one attached hydrogen (secondary N) is 1. The highest BCUT2D eigenvalue weighted by molar-refractivity contribution is 5.94. The molecule has 0 radical (unpaired) electrons. The van der Waals surface area contributed by atoms with Crippen molar-refractivity contribution in [2.75, 3.05) is 29.9 Å². The molecule has 1 N–H and O–H groups in total. The van der Waals surface area contributed by atoms with E-state index in [9.17, 15) is 9.59 Å². The van der Waals surface area contributed by atoms with Gasteiger partial charge in [0.05, 0.1) is 0 Å². The standard InChI is InChI=1S/C19H29N3O2/c1-4-21(5-2)17-12-10-16(11-13-17)20-19(24)14-22(15(3)23)18-8-6-7-9-18/h10-13,18H,4-9,14H2,1-3H3,(H,20,24). The predicted molar refractivity (Wildman–Crippen MR) is 98.3 cm³/mol. The molecule has 24 heavy (non-hydrogen) atoms. The third kappa shape index (κ3) is 4.73. The van der Waals surface area contributed by atoms with E-state index in [1.54, 1.807) is 11.8 Å². The van der Waals surface area contributed by atoms with E-state index in [4.69, 9.17) is 0 Å².